The standard InChI is InChI=1S/C24H28F3N5O2/c1-14-11-31(23(33)34-24(3,4)5)15(2)10-30(14)21-19-18(20(26)27)12-32(22(19)29-13-28-21)17-8-6-7-16(25)9-17/h6-9,12-15,20H,10-11H2,1-5H3/t14?,15-/m0/s1. The first-order valence-electron chi connectivity index (χ1n) is 11.1. The Hall–Kier alpha value is -3.30. The lowest BCUT2D eigenvalue weighted by Crippen LogP contribution is -2.59. The fourth-order valence-electron chi connectivity index (χ4n) is 4.28. The van der Waals surface area contributed by atoms with Gasteiger partial charge in [-0.05, 0) is 52.8 Å². The number of hydrogen-bond acceptors (Lipinski definition) is 5. The van der Waals surface area contributed by atoms with Crippen molar-refractivity contribution in [2.75, 3.05) is 18.0 Å². The van der Waals surface area contributed by atoms with Crippen LogP contribution in [0, 0.1) is 5.82 Å². The highest BCUT2D eigenvalue weighted by Crippen LogP contribution is 2.37. The smallest absolute Gasteiger partial charge is 0.410 e. The summed E-state index contributed by atoms with van der Waals surface area (Å²) >= 11 is 0. The number of amides is 1. The average Bonchev–Trinajstić information content (AvgIpc) is 3.14. The number of fused-ring (bicyclic) bond motifs is 1. The number of aromatic nitrogens is 3. The molecule has 1 amide bonds. The Morgan fingerprint density at radius 3 is 2.53 bits per heavy atom. The molecular weight excluding hydrogens is 447 g/mol. The SMILES string of the molecule is CC1CN(C(=O)OC(C)(C)C)[C@@H](C)CN1c1ncnc2c1c(C(F)F)cn2-c1cccc(F)c1. The molecule has 4 rings (SSSR count). The molecule has 1 aliphatic rings. The van der Waals surface area contributed by atoms with Crippen LogP contribution in [0.1, 0.15) is 46.6 Å². The molecule has 10 heteroatoms. The zero-order valence-corrected chi connectivity index (χ0v) is 19.8. The summed E-state index contributed by atoms with van der Waals surface area (Å²) in [6, 6.07) is 5.24. The second-order valence-electron chi connectivity index (χ2n) is 9.61. The highest BCUT2D eigenvalue weighted by atomic mass is 19.3. The first-order chi connectivity index (χ1) is 16.0. The fourth-order valence-corrected chi connectivity index (χ4v) is 4.28. The predicted octanol–water partition coefficient (Wildman–Crippen LogP) is 5.33. The normalized spacial score (nSPS) is 19.2. The monoisotopic (exact) mass is 475 g/mol. The third-order valence-corrected chi connectivity index (χ3v) is 5.80. The molecule has 2 atom stereocenters. The van der Waals surface area contributed by atoms with Gasteiger partial charge in [0.25, 0.3) is 6.43 Å². The molecule has 0 N–H and O–H groups in total. The van der Waals surface area contributed by atoms with Crippen LogP contribution in [0.5, 0.6) is 0 Å². The third-order valence-electron chi connectivity index (χ3n) is 5.80. The molecule has 1 saturated heterocycles. The van der Waals surface area contributed by atoms with Crippen LogP contribution in [0.15, 0.2) is 36.8 Å². The lowest BCUT2D eigenvalue weighted by atomic mass is 10.1. The van der Waals surface area contributed by atoms with E-state index in [1.807, 2.05) is 39.5 Å². The van der Waals surface area contributed by atoms with Gasteiger partial charge >= 0.3 is 6.09 Å². The number of carbonyl (C=O) groups excluding carboxylic acids is 1. The lowest BCUT2D eigenvalue weighted by molar-refractivity contribution is 0.0130. The van der Waals surface area contributed by atoms with E-state index >= 15 is 0 Å². The van der Waals surface area contributed by atoms with Gasteiger partial charge in [0.1, 0.15) is 23.6 Å². The molecular formula is C24H28F3N5O2. The molecule has 3 aromatic rings. The van der Waals surface area contributed by atoms with Gasteiger partial charge in [-0.25, -0.2) is 27.9 Å². The Balaban J connectivity index is 1.75. The van der Waals surface area contributed by atoms with Crippen LogP contribution in [0.2, 0.25) is 0 Å². The summed E-state index contributed by atoms with van der Waals surface area (Å²) in [6.45, 7) is 9.93. The quantitative estimate of drug-likeness (QED) is 0.512. The second-order valence-corrected chi connectivity index (χ2v) is 9.61. The predicted molar refractivity (Wildman–Crippen MR) is 123 cm³/mol. The van der Waals surface area contributed by atoms with Crippen LogP contribution in [-0.4, -0.2) is 56.3 Å². The lowest BCUT2D eigenvalue weighted by Gasteiger charge is -2.44. The number of benzene rings is 1. The van der Waals surface area contributed by atoms with Gasteiger partial charge in [-0.3, -0.25) is 0 Å². The molecule has 0 spiro atoms. The minimum Gasteiger partial charge on any atom is -0.444 e. The Labute approximate surface area is 196 Å². The second kappa shape index (κ2) is 8.81. The molecule has 1 aromatic carbocycles. The van der Waals surface area contributed by atoms with E-state index in [0.29, 0.717) is 24.6 Å². The van der Waals surface area contributed by atoms with Crippen LogP contribution in [0.4, 0.5) is 23.8 Å². The highest BCUT2D eigenvalue weighted by Gasteiger charge is 2.36. The van der Waals surface area contributed by atoms with E-state index in [1.165, 1.54) is 35.3 Å². The molecule has 7 nitrogen and oxygen atoms in total. The van der Waals surface area contributed by atoms with Gasteiger partial charge < -0.3 is 19.1 Å². The Morgan fingerprint density at radius 2 is 1.88 bits per heavy atom. The van der Waals surface area contributed by atoms with Crippen molar-refractivity contribution in [3.63, 3.8) is 0 Å². The van der Waals surface area contributed by atoms with Gasteiger partial charge in [0, 0.05) is 42.6 Å². The fraction of sp³-hybridized carbons (Fsp3) is 0.458. The van der Waals surface area contributed by atoms with E-state index in [2.05, 4.69) is 9.97 Å². The molecule has 1 fully saturated rings. The molecule has 0 radical (unpaired) electrons. The van der Waals surface area contributed by atoms with E-state index in [9.17, 15) is 18.0 Å². The van der Waals surface area contributed by atoms with E-state index < -0.39 is 23.9 Å². The minimum atomic E-state index is -2.78. The Bertz CT molecular complexity index is 1210. The summed E-state index contributed by atoms with van der Waals surface area (Å²) in [5, 5.41) is 0.214. The topological polar surface area (TPSA) is 63.5 Å². The number of halogens is 3. The molecule has 1 aliphatic heterocycles. The molecule has 0 saturated carbocycles. The van der Waals surface area contributed by atoms with Crippen molar-refractivity contribution in [1.82, 2.24) is 19.4 Å². The van der Waals surface area contributed by atoms with Crippen LogP contribution in [0.3, 0.4) is 0 Å². The van der Waals surface area contributed by atoms with Crippen molar-refractivity contribution in [1.29, 1.82) is 0 Å². The summed E-state index contributed by atoms with van der Waals surface area (Å²) in [6.07, 6.45) is -0.587. The number of alkyl halides is 2. The van der Waals surface area contributed by atoms with Gasteiger partial charge in [-0.1, -0.05) is 6.07 Å². The van der Waals surface area contributed by atoms with Crippen molar-refractivity contribution in [2.45, 2.75) is 58.7 Å². The highest BCUT2D eigenvalue weighted by molar-refractivity contribution is 5.93. The molecule has 0 bridgehead atoms. The van der Waals surface area contributed by atoms with Crippen LogP contribution in [0.25, 0.3) is 16.7 Å². The molecule has 2 aromatic heterocycles. The van der Waals surface area contributed by atoms with Gasteiger partial charge in [0.15, 0.2) is 5.65 Å². The maximum Gasteiger partial charge on any atom is 0.410 e. The molecule has 0 aliphatic carbocycles. The van der Waals surface area contributed by atoms with E-state index in [0.717, 1.165) is 0 Å². The number of anilines is 1. The number of hydrogen-bond donors (Lipinski definition) is 0. The van der Waals surface area contributed by atoms with Crippen molar-refractivity contribution in [3.8, 4) is 5.69 Å². The number of rotatable bonds is 3. The van der Waals surface area contributed by atoms with Crippen LogP contribution in [-0.2, 0) is 4.74 Å². The number of piperazine rings is 1. The van der Waals surface area contributed by atoms with Crippen molar-refractivity contribution in [2.24, 2.45) is 0 Å². The number of nitrogens with zero attached hydrogens (tertiary/aromatic N) is 5. The average molecular weight is 476 g/mol. The number of carbonyl (C=O) groups is 1. The molecule has 182 valence electrons. The van der Waals surface area contributed by atoms with E-state index in [1.54, 1.807) is 11.0 Å². The summed E-state index contributed by atoms with van der Waals surface area (Å²) in [5.41, 5.74) is -0.204. The summed E-state index contributed by atoms with van der Waals surface area (Å²) in [5.74, 6) is -0.119. The maximum absolute atomic E-state index is 14.1. The maximum atomic E-state index is 14.1. The largest absolute Gasteiger partial charge is 0.444 e. The first kappa shape index (κ1) is 23.8. The van der Waals surface area contributed by atoms with Gasteiger partial charge in [-0.2, -0.15) is 0 Å². The van der Waals surface area contributed by atoms with Crippen molar-refractivity contribution < 1.29 is 22.7 Å². The van der Waals surface area contributed by atoms with Crippen LogP contribution >= 0.6 is 0 Å². The Morgan fingerprint density at radius 1 is 1.15 bits per heavy atom. The Kier molecular flexibility index (Phi) is 6.18. The van der Waals surface area contributed by atoms with Crippen LogP contribution < -0.4 is 4.90 Å². The van der Waals surface area contributed by atoms with E-state index in [4.69, 9.17) is 4.74 Å². The molecule has 1 unspecified atom stereocenters. The molecule has 34 heavy (non-hydrogen) atoms. The van der Waals surface area contributed by atoms with Crippen molar-refractivity contribution >= 4 is 22.9 Å². The van der Waals surface area contributed by atoms with Gasteiger partial charge in [0.05, 0.1) is 5.39 Å². The summed E-state index contributed by atoms with van der Waals surface area (Å²) in [4.78, 5) is 24.9. The summed E-state index contributed by atoms with van der Waals surface area (Å²) in [7, 11) is 0. The number of ether oxygens (including phenoxy) is 1. The van der Waals surface area contributed by atoms with E-state index in [-0.39, 0.29) is 28.7 Å². The minimum absolute atomic E-state index is 0.214. The zero-order chi connectivity index (χ0) is 24.8. The van der Waals surface area contributed by atoms with Gasteiger partial charge in [-0.15, -0.1) is 0 Å². The van der Waals surface area contributed by atoms with Crippen molar-refractivity contribution in [3.05, 3.63) is 48.2 Å². The molecule has 3 heterocycles. The zero-order valence-electron chi connectivity index (χ0n) is 19.8. The first-order valence-corrected chi connectivity index (χ1v) is 11.1. The third kappa shape index (κ3) is 4.53. The summed E-state index contributed by atoms with van der Waals surface area (Å²) < 4.78 is 49.1. The van der Waals surface area contributed by atoms with Gasteiger partial charge in [0.2, 0.25) is 0 Å².